The van der Waals surface area contributed by atoms with E-state index in [4.69, 9.17) is 0 Å². The highest BCUT2D eigenvalue weighted by Gasteiger charge is 2.32. The smallest absolute Gasteiger partial charge is 0.274 e. The number of aromatic nitrogens is 3. The molecule has 0 aliphatic carbocycles. The molecule has 2 N–H and O–H groups in total. The zero-order valence-electron chi connectivity index (χ0n) is 14.5. The number of carbonyl (C=O) groups excluding carboxylic acids is 2. The van der Waals surface area contributed by atoms with Gasteiger partial charge in [-0.15, -0.1) is 5.10 Å². The quantitative estimate of drug-likeness (QED) is 0.831. The van der Waals surface area contributed by atoms with E-state index in [1.165, 1.54) is 4.68 Å². The van der Waals surface area contributed by atoms with Crippen molar-refractivity contribution in [1.82, 2.24) is 25.6 Å². The van der Waals surface area contributed by atoms with E-state index in [0.717, 1.165) is 18.4 Å². The maximum absolute atomic E-state index is 12.4. The third kappa shape index (κ3) is 4.04. The Hall–Kier alpha value is -2.70. The van der Waals surface area contributed by atoms with E-state index in [1.54, 1.807) is 0 Å². The van der Waals surface area contributed by atoms with Gasteiger partial charge in [-0.1, -0.05) is 49.4 Å². The maximum Gasteiger partial charge on any atom is 0.274 e. The van der Waals surface area contributed by atoms with Crippen LogP contribution < -0.4 is 10.6 Å². The maximum atomic E-state index is 12.4. The van der Waals surface area contributed by atoms with E-state index in [1.807, 2.05) is 30.3 Å². The first-order valence-corrected chi connectivity index (χ1v) is 8.61. The molecule has 7 nitrogen and oxygen atoms in total. The summed E-state index contributed by atoms with van der Waals surface area (Å²) in [6, 6.07) is 9.92. The minimum Gasteiger partial charge on any atom is -0.350 e. The van der Waals surface area contributed by atoms with Crippen molar-refractivity contribution in [3.63, 3.8) is 0 Å². The molecule has 2 heterocycles. The van der Waals surface area contributed by atoms with Gasteiger partial charge in [0.2, 0.25) is 0 Å². The lowest BCUT2D eigenvalue weighted by Crippen LogP contribution is -2.46. The van der Waals surface area contributed by atoms with Crippen LogP contribution in [0.4, 0.5) is 0 Å². The molecule has 2 amide bonds. The van der Waals surface area contributed by atoms with Gasteiger partial charge in [0.1, 0.15) is 0 Å². The van der Waals surface area contributed by atoms with Crippen LogP contribution in [0.2, 0.25) is 0 Å². The highest BCUT2D eigenvalue weighted by Crippen LogP contribution is 2.16. The third-order valence-electron chi connectivity index (χ3n) is 4.19. The average molecular weight is 341 g/mol. The molecule has 2 aromatic rings. The van der Waals surface area contributed by atoms with E-state index < -0.39 is 0 Å². The highest BCUT2D eigenvalue weighted by molar-refractivity contribution is 6.05. The molecule has 1 aromatic carbocycles. The fourth-order valence-corrected chi connectivity index (χ4v) is 3.08. The van der Waals surface area contributed by atoms with Crippen molar-refractivity contribution in [2.75, 3.05) is 6.54 Å². The lowest BCUT2D eigenvalue weighted by molar-refractivity contribution is 0.0870. The molecule has 0 radical (unpaired) electrons. The van der Waals surface area contributed by atoms with Crippen molar-refractivity contribution in [2.24, 2.45) is 5.92 Å². The van der Waals surface area contributed by atoms with E-state index in [-0.39, 0.29) is 29.2 Å². The molecule has 1 aromatic heterocycles. The molecular formula is C18H23N5O2. The van der Waals surface area contributed by atoms with Crippen LogP contribution in [0.5, 0.6) is 0 Å². The summed E-state index contributed by atoms with van der Waals surface area (Å²) < 4.78 is 1.54. The minimum absolute atomic E-state index is 0.0238. The summed E-state index contributed by atoms with van der Waals surface area (Å²) in [4.78, 5) is 24.7. The number of carbonyl (C=O) groups is 2. The van der Waals surface area contributed by atoms with Crippen molar-refractivity contribution in [3.05, 3.63) is 47.3 Å². The fourth-order valence-electron chi connectivity index (χ4n) is 3.08. The molecular weight excluding hydrogens is 318 g/mol. The summed E-state index contributed by atoms with van der Waals surface area (Å²) in [6.07, 6.45) is 1.59. The van der Waals surface area contributed by atoms with Crippen molar-refractivity contribution in [1.29, 1.82) is 0 Å². The summed E-state index contributed by atoms with van der Waals surface area (Å²) >= 11 is 0. The second-order valence-corrected chi connectivity index (χ2v) is 6.76. The van der Waals surface area contributed by atoms with Gasteiger partial charge < -0.3 is 10.6 Å². The van der Waals surface area contributed by atoms with E-state index >= 15 is 0 Å². The number of hydrogen-bond acceptors (Lipinski definition) is 4. The van der Waals surface area contributed by atoms with Gasteiger partial charge in [0.15, 0.2) is 11.4 Å². The van der Waals surface area contributed by atoms with Gasteiger partial charge in [-0.2, -0.15) is 0 Å². The van der Waals surface area contributed by atoms with Crippen molar-refractivity contribution >= 4 is 11.8 Å². The first-order valence-electron chi connectivity index (χ1n) is 8.61. The molecule has 7 heteroatoms. The Morgan fingerprint density at radius 1 is 1.36 bits per heavy atom. The van der Waals surface area contributed by atoms with Crippen LogP contribution in [-0.2, 0) is 13.0 Å². The summed E-state index contributed by atoms with van der Waals surface area (Å²) in [5, 5.41) is 13.7. The number of amides is 2. The van der Waals surface area contributed by atoms with Gasteiger partial charge in [-0.3, -0.25) is 9.59 Å². The zero-order chi connectivity index (χ0) is 17.8. The first kappa shape index (κ1) is 17.1. The van der Waals surface area contributed by atoms with E-state index in [9.17, 15) is 9.59 Å². The molecule has 132 valence electrons. The molecule has 3 rings (SSSR count). The number of rotatable bonds is 6. The van der Waals surface area contributed by atoms with Crippen LogP contribution in [0.25, 0.3) is 0 Å². The molecule has 1 aliphatic rings. The lowest BCUT2D eigenvalue weighted by atomic mass is 10.0. The van der Waals surface area contributed by atoms with Crippen molar-refractivity contribution < 1.29 is 9.59 Å². The topological polar surface area (TPSA) is 88.9 Å². The van der Waals surface area contributed by atoms with Gasteiger partial charge in [0.05, 0.1) is 6.54 Å². The molecule has 0 bridgehead atoms. The average Bonchev–Trinajstić information content (AvgIpc) is 2.99. The highest BCUT2D eigenvalue weighted by atomic mass is 16.2. The molecule has 0 saturated carbocycles. The number of fused-ring (bicyclic) bond motifs is 1. The Morgan fingerprint density at radius 2 is 2.12 bits per heavy atom. The Balaban J connectivity index is 1.63. The molecule has 0 spiro atoms. The molecule has 25 heavy (non-hydrogen) atoms. The van der Waals surface area contributed by atoms with E-state index in [2.05, 4.69) is 34.8 Å². The first-order chi connectivity index (χ1) is 12.0. The molecule has 1 atom stereocenters. The second kappa shape index (κ2) is 7.46. The Bertz CT molecular complexity index is 754. The third-order valence-corrected chi connectivity index (χ3v) is 4.19. The predicted molar refractivity (Wildman–Crippen MR) is 93.2 cm³/mol. The van der Waals surface area contributed by atoms with Gasteiger partial charge in [0.25, 0.3) is 11.8 Å². The molecule has 1 unspecified atom stereocenters. The fraction of sp³-hybridized carbons (Fsp3) is 0.444. The Morgan fingerprint density at radius 3 is 2.84 bits per heavy atom. The zero-order valence-corrected chi connectivity index (χ0v) is 14.5. The van der Waals surface area contributed by atoms with Crippen molar-refractivity contribution in [2.45, 2.75) is 39.3 Å². The SMILES string of the molecule is CC(C)CC1Cn2nnc(C(=O)NCCc3ccccc3)c2C(=O)N1. The summed E-state index contributed by atoms with van der Waals surface area (Å²) in [5.41, 5.74) is 1.48. The minimum atomic E-state index is -0.366. The van der Waals surface area contributed by atoms with Crippen LogP contribution >= 0.6 is 0 Å². The van der Waals surface area contributed by atoms with Gasteiger partial charge in [-0.05, 0) is 24.3 Å². The second-order valence-electron chi connectivity index (χ2n) is 6.76. The molecule has 0 fully saturated rings. The number of hydrogen-bond donors (Lipinski definition) is 2. The standard InChI is InChI=1S/C18H23N5O2/c1-12(2)10-14-11-23-16(18(25)20-14)15(21-22-23)17(24)19-9-8-13-6-4-3-5-7-13/h3-7,12,14H,8-11H2,1-2H3,(H,19,24)(H,20,25). The van der Waals surface area contributed by atoms with Crippen LogP contribution in [0, 0.1) is 5.92 Å². The van der Waals surface area contributed by atoms with E-state index in [0.29, 0.717) is 19.0 Å². The number of benzene rings is 1. The Kier molecular flexibility index (Phi) is 5.11. The summed E-state index contributed by atoms with van der Waals surface area (Å²) in [6.45, 7) is 5.24. The van der Waals surface area contributed by atoms with Crippen molar-refractivity contribution in [3.8, 4) is 0 Å². The predicted octanol–water partition coefficient (Wildman–Crippen LogP) is 1.41. The lowest BCUT2D eigenvalue weighted by Gasteiger charge is -2.25. The Labute approximate surface area is 146 Å². The van der Waals surface area contributed by atoms with Crippen LogP contribution in [0.1, 0.15) is 46.8 Å². The van der Waals surface area contributed by atoms with Gasteiger partial charge in [-0.25, -0.2) is 4.68 Å². The number of nitrogens with zero attached hydrogens (tertiary/aromatic N) is 3. The molecule has 1 aliphatic heterocycles. The van der Waals surface area contributed by atoms with Gasteiger partial charge in [0, 0.05) is 12.6 Å². The normalized spacial score (nSPS) is 16.4. The number of nitrogens with one attached hydrogen (secondary N) is 2. The summed E-state index contributed by atoms with van der Waals surface area (Å²) in [5.74, 6) is -0.180. The largest absolute Gasteiger partial charge is 0.350 e. The molecule has 0 saturated heterocycles. The van der Waals surface area contributed by atoms with Crippen LogP contribution in [0.15, 0.2) is 30.3 Å². The summed E-state index contributed by atoms with van der Waals surface area (Å²) in [7, 11) is 0. The van der Waals surface area contributed by atoms with Crippen LogP contribution in [0.3, 0.4) is 0 Å². The van der Waals surface area contributed by atoms with Gasteiger partial charge >= 0.3 is 0 Å². The van der Waals surface area contributed by atoms with Crippen LogP contribution in [-0.4, -0.2) is 39.4 Å². The monoisotopic (exact) mass is 341 g/mol.